The second-order valence-electron chi connectivity index (χ2n) is 5.76. The molecule has 1 N–H and O–H groups in total. The smallest absolute Gasteiger partial charge is 0.252 e. The van der Waals surface area contributed by atoms with Gasteiger partial charge in [0.15, 0.2) is 0 Å². The number of anilines is 1. The Bertz CT molecular complexity index is 885. The molecule has 2 heterocycles. The summed E-state index contributed by atoms with van der Waals surface area (Å²) >= 11 is 4.41. The van der Waals surface area contributed by atoms with Crippen LogP contribution in [0.5, 0.6) is 0 Å². The maximum atomic E-state index is 13.2. The number of nitrogens with one attached hydrogen (secondary N) is 1. The van der Waals surface area contributed by atoms with E-state index in [4.69, 9.17) is 0 Å². The number of hydrogen-bond donors (Lipinski definition) is 1. The molecule has 134 valence electrons. The minimum Gasteiger partial charge on any atom is -0.326 e. The van der Waals surface area contributed by atoms with Gasteiger partial charge in [-0.2, -0.15) is 4.31 Å². The molecule has 25 heavy (non-hydrogen) atoms. The van der Waals surface area contributed by atoms with Crippen LogP contribution in [0.15, 0.2) is 44.4 Å². The third-order valence-electron chi connectivity index (χ3n) is 3.99. The van der Waals surface area contributed by atoms with E-state index in [-0.39, 0.29) is 16.7 Å². The molecule has 9 heteroatoms. The Labute approximate surface area is 158 Å². The maximum Gasteiger partial charge on any atom is 0.252 e. The number of carbonyl (C=O) groups excluding carboxylic acids is 1. The van der Waals surface area contributed by atoms with E-state index in [1.165, 1.54) is 22.5 Å². The number of hydrogen-bond acceptors (Lipinski definition) is 4. The van der Waals surface area contributed by atoms with Gasteiger partial charge in [-0.15, -0.1) is 11.3 Å². The Morgan fingerprint density at radius 1 is 1.32 bits per heavy atom. The summed E-state index contributed by atoms with van der Waals surface area (Å²) in [6, 6.07) is 8.89. The first-order valence-corrected chi connectivity index (χ1v) is 10.7. The van der Waals surface area contributed by atoms with Crippen molar-refractivity contribution in [1.29, 1.82) is 0 Å². The fourth-order valence-corrected chi connectivity index (χ4v) is 6.44. The molecule has 5 nitrogen and oxygen atoms in total. The summed E-state index contributed by atoms with van der Waals surface area (Å²) < 4.78 is 41.0. The summed E-state index contributed by atoms with van der Waals surface area (Å²) in [6.45, 7) is 0.514. The Morgan fingerprint density at radius 2 is 2.12 bits per heavy atom. The van der Waals surface area contributed by atoms with Crippen LogP contribution in [0, 0.1) is 11.7 Å². The predicted molar refractivity (Wildman–Crippen MR) is 98.5 cm³/mol. The molecule has 0 saturated carbocycles. The van der Waals surface area contributed by atoms with E-state index >= 15 is 0 Å². The molecule has 1 aliphatic heterocycles. The van der Waals surface area contributed by atoms with E-state index in [0.29, 0.717) is 25.1 Å². The van der Waals surface area contributed by atoms with Gasteiger partial charge in [0.05, 0.1) is 9.70 Å². The van der Waals surface area contributed by atoms with Crippen molar-refractivity contribution in [2.75, 3.05) is 18.4 Å². The average Bonchev–Trinajstić information content (AvgIpc) is 3.02. The third-order valence-corrected chi connectivity index (χ3v) is 7.95. The highest BCUT2D eigenvalue weighted by molar-refractivity contribution is 9.11. The summed E-state index contributed by atoms with van der Waals surface area (Å²) in [4.78, 5) is 12.4. The molecule has 0 unspecified atom stereocenters. The molecule has 1 aromatic carbocycles. The van der Waals surface area contributed by atoms with E-state index < -0.39 is 21.8 Å². The number of nitrogens with zero attached hydrogens (tertiary/aromatic N) is 1. The fourth-order valence-electron chi connectivity index (χ4n) is 2.75. The molecule has 1 aliphatic rings. The van der Waals surface area contributed by atoms with Gasteiger partial charge in [-0.25, -0.2) is 12.8 Å². The van der Waals surface area contributed by atoms with Gasteiger partial charge in [-0.05, 0) is 59.1 Å². The molecule has 3 rings (SSSR count). The number of rotatable bonds is 4. The molecule has 1 saturated heterocycles. The number of piperidine rings is 1. The predicted octanol–water partition coefficient (Wildman–Crippen LogP) is 3.69. The van der Waals surface area contributed by atoms with E-state index in [2.05, 4.69) is 21.2 Å². The van der Waals surface area contributed by atoms with Crippen molar-refractivity contribution in [2.45, 2.75) is 17.1 Å². The molecule has 0 bridgehead atoms. The number of benzene rings is 1. The van der Waals surface area contributed by atoms with Crippen molar-refractivity contribution in [3.63, 3.8) is 0 Å². The third kappa shape index (κ3) is 4.28. The first-order chi connectivity index (χ1) is 11.9. The van der Waals surface area contributed by atoms with Gasteiger partial charge in [-0.1, -0.05) is 6.07 Å². The largest absolute Gasteiger partial charge is 0.326 e. The maximum absolute atomic E-state index is 13.2. The van der Waals surface area contributed by atoms with E-state index in [9.17, 15) is 17.6 Å². The molecule has 1 amide bonds. The molecule has 0 aliphatic carbocycles. The van der Waals surface area contributed by atoms with Gasteiger partial charge in [0, 0.05) is 18.8 Å². The lowest BCUT2D eigenvalue weighted by Crippen LogP contribution is -2.43. The lowest BCUT2D eigenvalue weighted by molar-refractivity contribution is -0.120. The quantitative estimate of drug-likeness (QED) is 0.778. The highest BCUT2D eigenvalue weighted by Crippen LogP contribution is 2.31. The molecular formula is C16H16BrFN2O3S2. The average molecular weight is 447 g/mol. The fraction of sp³-hybridized carbons (Fsp3) is 0.312. The first-order valence-electron chi connectivity index (χ1n) is 7.68. The summed E-state index contributed by atoms with van der Waals surface area (Å²) in [6.07, 6.45) is 1.20. The van der Waals surface area contributed by atoms with Crippen LogP contribution in [0.3, 0.4) is 0 Å². The topological polar surface area (TPSA) is 66.5 Å². The lowest BCUT2D eigenvalue weighted by atomic mass is 9.99. The zero-order valence-electron chi connectivity index (χ0n) is 13.1. The summed E-state index contributed by atoms with van der Waals surface area (Å²) in [5.74, 6) is -1.19. The van der Waals surface area contributed by atoms with Crippen molar-refractivity contribution in [1.82, 2.24) is 4.31 Å². The van der Waals surface area contributed by atoms with Crippen molar-refractivity contribution in [3.05, 3.63) is 46.0 Å². The number of carbonyl (C=O) groups is 1. The van der Waals surface area contributed by atoms with Gasteiger partial charge in [0.2, 0.25) is 5.91 Å². The number of amides is 1. The van der Waals surface area contributed by atoms with Crippen LogP contribution in [0.25, 0.3) is 0 Å². The minimum atomic E-state index is -3.61. The summed E-state index contributed by atoms with van der Waals surface area (Å²) in [7, 11) is -3.61. The highest BCUT2D eigenvalue weighted by atomic mass is 79.9. The van der Waals surface area contributed by atoms with Crippen LogP contribution in [-0.2, 0) is 14.8 Å². The van der Waals surface area contributed by atoms with Crippen LogP contribution in [0.1, 0.15) is 12.8 Å². The van der Waals surface area contributed by atoms with Crippen LogP contribution in [-0.4, -0.2) is 31.7 Å². The van der Waals surface area contributed by atoms with E-state index in [0.717, 1.165) is 15.1 Å². The number of sulfonamides is 1. The monoisotopic (exact) mass is 446 g/mol. The van der Waals surface area contributed by atoms with Crippen molar-refractivity contribution in [2.24, 2.45) is 5.92 Å². The van der Waals surface area contributed by atoms with Gasteiger partial charge < -0.3 is 5.32 Å². The molecule has 0 spiro atoms. The molecule has 0 radical (unpaired) electrons. The standard InChI is InChI=1S/C16H16BrFN2O3S2/c17-14-6-7-15(24-14)25(22,23)20-8-2-3-11(10-20)16(21)19-13-5-1-4-12(18)9-13/h1,4-7,9,11H,2-3,8,10H2,(H,19,21)/t11-/m1/s1. The second kappa shape index (κ2) is 7.53. The molecule has 1 atom stereocenters. The Balaban J connectivity index is 1.71. The summed E-state index contributed by atoms with van der Waals surface area (Å²) in [5, 5.41) is 2.66. The second-order valence-corrected chi connectivity index (χ2v) is 10.4. The Hall–Kier alpha value is -1.29. The Kier molecular flexibility index (Phi) is 5.57. The molecule has 1 aromatic heterocycles. The molecule has 1 fully saturated rings. The molecule has 2 aromatic rings. The zero-order chi connectivity index (χ0) is 18.0. The van der Waals surface area contributed by atoms with E-state index in [1.807, 2.05) is 0 Å². The zero-order valence-corrected chi connectivity index (χ0v) is 16.3. The number of thiophene rings is 1. The van der Waals surface area contributed by atoms with Gasteiger partial charge in [0.1, 0.15) is 10.0 Å². The number of halogens is 2. The van der Waals surface area contributed by atoms with Crippen molar-refractivity contribution < 1.29 is 17.6 Å². The normalized spacial score (nSPS) is 18.9. The van der Waals surface area contributed by atoms with Crippen molar-refractivity contribution >= 4 is 48.9 Å². The van der Waals surface area contributed by atoms with E-state index in [1.54, 1.807) is 18.2 Å². The first kappa shape index (κ1) is 18.5. The van der Waals surface area contributed by atoms with Crippen molar-refractivity contribution in [3.8, 4) is 0 Å². The highest BCUT2D eigenvalue weighted by Gasteiger charge is 2.34. The summed E-state index contributed by atoms with van der Waals surface area (Å²) in [5.41, 5.74) is 0.368. The van der Waals surface area contributed by atoms with Gasteiger partial charge in [0.25, 0.3) is 10.0 Å². The molecular weight excluding hydrogens is 431 g/mol. The lowest BCUT2D eigenvalue weighted by Gasteiger charge is -2.30. The Morgan fingerprint density at radius 3 is 2.80 bits per heavy atom. The van der Waals surface area contributed by atoms with Crippen LogP contribution < -0.4 is 5.32 Å². The van der Waals surface area contributed by atoms with Gasteiger partial charge >= 0.3 is 0 Å². The SMILES string of the molecule is O=C(Nc1cccc(F)c1)[C@@H]1CCCN(S(=O)(=O)c2ccc(Br)s2)C1. The minimum absolute atomic E-state index is 0.124. The van der Waals surface area contributed by atoms with Crippen LogP contribution in [0.4, 0.5) is 10.1 Å². The van der Waals surface area contributed by atoms with Crippen LogP contribution >= 0.6 is 27.3 Å². The van der Waals surface area contributed by atoms with Crippen LogP contribution in [0.2, 0.25) is 0 Å². The van der Waals surface area contributed by atoms with Gasteiger partial charge in [-0.3, -0.25) is 4.79 Å².